The minimum Gasteiger partial charge on any atom is -0.507 e. The van der Waals surface area contributed by atoms with Gasteiger partial charge in [-0.25, -0.2) is 0 Å². The van der Waals surface area contributed by atoms with Crippen LogP contribution in [0.5, 0.6) is 5.75 Å². The Morgan fingerprint density at radius 1 is 1.50 bits per heavy atom. The third kappa shape index (κ3) is 1.34. The van der Waals surface area contributed by atoms with Crippen LogP contribution < -0.4 is 10.2 Å². The van der Waals surface area contributed by atoms with Gasteiger partial charge in [-0.2, -0.15) is 0 Å². The predicted molar refractivity (Wildman–Crippen MR) is 57.8 cm³/mol. The van der Waals surface area contributed by atoms with Crippen LogP contribution in [0.15, 0.2) is 12.1 Å². The standard InChI is InChI=1S/C11H16N2O/c1-12-7-8-3-4-10-9(11(8)14)5-6-13(10)2/h3-4,12,14H,5-7H2,1-2H3. The average molecular weight is 192 g/mol. The van der Waals surface area contributed by atoms with Crippen LogP contribution in [0.4, 0.5) is 5.69 Å². The first-order valence-corrected chi connectivity index (χ1v) is 4.93. The lowest BCUT2D eigenvalue weighted by molar-refractivity contribution is 0.461. The molecule has 14 heavy (non-hydrogen) atoms. The molecular formula is C11H16N2O. The molecule has 2 rings (SSSR count). The number of hydrogen-bond acceptors (Lipinski definition) is 3. The number of anilines is 1. The van der Waals surface area contributed by atoms with Crippen molar-refractivity contribution >= 4 is 5.69 Å². The second kappa shape index (κ2) is 3.50. The number of aromatic hydroxyl groups is 1. The fraction of sp³-hybridized carbons (Fsp3) is 0.455. The third-order valence-corrected chi connectivity index (χ3v) is 2.82. The van der Waals surface area contributed by atoms with Crippen LogP contribution in [0.2, 0.25) is 0 Å². The predicted octanol–water partition coefficient (Wildman–Crippen LogP) is 1.10. The maximum Gasteiger partial charge on any atom is 0.125 e. The number of nitrogens with zero attached hydrogens (tertiary/aromatic N) is 1. The molecule has 2 N–H and O–H groups in total. The van der Waals surface area contributed by atoms with Crippen molar-refractivity contribution in [3.63, 3.8) is 0 Å². The van der Waals surface area contributed by atoms with Gasteiger partial charge in [0.05, 0.1) is 0 Å². The first-order chi connectivity index (χ1) is 6.74. The van der Waals surface area contributed by atoms with Crippen molar-refractivity contribution in [2.45, 2.75) is 13.0 Å². The van der Waals surface area contributed by atoms with E-state index >= 15 is 0 Å². The van der Waals surface area contributed by atoms with E-state index in [4.69, 9.17) is 0 Å². The van der Waals surface area contributed by atoms with Crippen LogP contribution >= 0.6 is 0 Å². The summed E-state index contributed by atoms with van der Waals surface area (Å²) in [5.74, 6) is 0.473. The summed E-state index contributed by atoms with van der Waals surface area (Å²) in [5, 5.41) is 13.0. The molecule has 1 aliphatic heterocycles. The van der Waals surface area contributed by atoms with Gasteiger partial charge in [0.15, 0.2) is 0 Å². The number of nitrogens with one attached hydrogen (secondary N) is 1. The van der Waals surface area contributed by atoms with Crippen LogP contribution in [0, 0.1) is 0 Å². The Labute approximate surface area is 84.4 Å². The van der Waals surface area contributed by atoms with Crippen LogP contribution in [0.25, 0.3) is 0 Å². The van der Waals surface area contributed by atoms with Crippen molar-refractivity contribution in [2.24, 2.45) is 0 Å². The van der Waals surface area contributed by atoms with Crippen LogP contribution in [-0.4, -0.2) is 25.7 Å². The van der Waals surface area contributed by atoms with Gasteiger partial charge in [-0.3, -0.25) is 0 Å². The molecule has 3 nitrogen and oxygen atoms in total. The van der Waals surface area contributed by atoms with Crippen LogP contribution in [0.3, 0.4) is 0 Å². The van der Waals surface area contributed by atoms with Crippen molar-refractivity contribution in [2.75, 3.05) is 25.5 Å². The summed E-state index contributed by atoms with van der Waals surface area (Å²) in [6, 6.07) is 4.08. The van der Waals surface area contributed by atoms with E-state index in [-0.39, 0.29) is 0 Å². The van der Waals surface area contributed by atoms with Gasteiger partial charge in [0.1, 0.15) is 5.75 Å². The third-order valence-electron chi connectivity index (χ3n) is 2.82. The van der Waals surface area contributed by atoms with E-state index in [1.54, 1.807) is 0 Å². The monoisotopic (exact) mass is 192 g/mol. The molecule has 0 saturated heterocycles. The maximum atomic E-state index is 9.99. The molecule has 0 saturated carbocycles. The summed E-state index contributed by atoms with van der Waals surface area (Å²) < 4.78 is 0. The zero-order valence-corrected chi connectivity index (χ0v) is 8.67. The summed E-state index contributed by atoms with van der Waals surface area (Å²) in [6.07, 6.45) is 0.954. The second-order valence-corrected chi connectivity index (χ2v) is 3.77. The summed E-state index contributed by atoms with van der Waals surface area (Å²) >= 11 is 0. The lowest BCUT2D eigenvalue weighted by atomic mass is 10.1. The van der Waals surface area contributed by atoms with Crippen molar-refractivity contribution in [1.82, 2.24) is 5.32 Å². The van der Waals surface area contributed by atoms with Crippen LogP contribution in [0.1, 0.15) is 11.1 Å². The number of likely N-dealkylation sites (N-methyl/N-ethyl adjacent to an activating group) is 1. The fourth-order valence-corrected chi connectivity index (χ4v) is 2.01. The fourth-order valence-electron chi connectivity index (χ4n) is 2.01. The molecule has 1 aromatic rings. The maximum absolute atomic E-state index is 9.99. The minimum atomic E-state index is 0.473. The van der Waals surface area contributed by atoms with E-state index in [1.807, 2.05) is 13.1 Å². The Kier molecular flexibility index (Phi) is 2.33. The molecule has 1 aliphatic rings. The Morgan fingerprint density at radius 3 is 3.00 bits per heavy atom. The van der Waals surface area contributed by atoms with Gasteiger partial charge in [0.2, 0.25) is 0 Å². The van der Waals surface area contributed by atoms with Crippen LogP contribution in [-0.2, 0) is 13.0 Å². The zero-order chi connectivity index (χ0) is 10.1. The van der Waals surface area contributed by atoms with Crippen molar-refractivity contribution in [3.8, 4) is 5.75 Å². The Balaban J connectivity index is 2.42. The molecule has 0 fully saturated rings. The lowest BCUT2D eigenvalue weighted by Crippen LogP contribution is -2.12. The van der Waals surface area contributed by atoms with Gasteiger partial charge >= 0.3 is 0 Å². The SMILES string of the molecule is CNCc1ccc2c(c1O)CCN2C. The largest absolute Gasteiger partial charge is 0.507 e. The van der Waals surface area contributed by atoms with Gasteiger partial charge in [-0.15, -0.1) is 0 Å². The highest BCUT2D eigenvalue weighted by atomic mass is 16.3. The second-order valence-electron chi connectivity index (χ2n) is 3.77. The molecule has 0 radical (unpaired) electrons. The normalized spacial score (nSPS) is 14.6. The summed E-state index contributed by atoms with van der Waals surface area (Å²) in [4.78, 5) is 2.18. The van der Waals surface area contributed by atoms with E-state index in [9.17, 15) is 5.11 Å². The zero-order valence-electron chi connectivity index (χ0n) is 8.67. The number of benzene rings is 1. The molecule has 0 unspecified atom stereocenters. The topological polar surface area (TPSA) is 35.5 Å². The number of phenols is 1. The molecule has 1 heterocycles. The van der Waals surface area contributed by atoms with E-state index in [0.717, 1.165) is 30.6 Å². The number of phenolic OH excluding ortho intramolecular Hbond substituents is 1. The lowest BCUT2D eigenvalue weighted by Gasteiger charge is -2.13. The highest BCUT2D eigenvalue weighted by Crippen LogP contribution is 2.35. The van der Waals surface area contributed by atoms with Crippen molar-refractivity contribution in [1.29, 1.82) is 0 Å². The highest BCUT2D eigenvalue weighted by molar-refractivity contribution is 5.64. The minimum absolute atomic E-state index is 0.473. The first kappa shape index (κ1) is 9.34. The quantitative estimate of drug-likeness (QED) is 0.736. The molecule has 76 valence electrons. The molecule has 0 bridgehead atoms. The Bertz CT molecular complexity index is 349. The summed E-state index contributed by atoms with van der Waals surface area (Å²) in [5.41, 5.74) is 3.25. The van der Waals surface area contributed by atoms with Crippen molar-refractivity contribution < 1.29 is 5.11 Å². The first-order valence-electron chi connectivity index (χ1n) is 4.93. The van der Waals surface area contributed by atoms with Gasteiger partial charge in [-0.1, -0.05) is 6.07 Å². The number of rotatable bonds is 2. The van der Waals surface area contributed by atoms with E-state index in [2.05, 4.69) is 23.3 Å². The summed E-state index contributed by atoms with van der Waals surface area (Å²) in [6.45, 7) is 1.73. The van der Waals surface area contributed by atoms with Crippen molar-refractivity contribution in [3.05, 3.63) is 23.3 Å². The molecule has 0 aromatic heterocycles. The molecule has 0 atom stereocenters. The molecule has 0 aliphatic carbocycles. The molecule has 1 aromatic carbocycles. The Hall–Kier alpha value is -1.22. The van der Waals surface area contributed by atoms with Gasteiger partial charge in [0, 0.05) is 37.0 Å². The smallest absolute Gasteiger partial charge is 0.125 e. The Morgan fingerprint density at radius 2 is 2.29 bits per heavy atom. The van der Waals surface area contributed by atoms with E-state index < -0.39 is 0 Å². The highest BCUT2D eigenvalue weighted by Gasteiger charge is 2.20. The molecule has 3 heteroatoms. The molecular weight excluding hydrogens is 176 g/mol. The van der Waals surface area contributed by atoms with E-state index in [0.29, 0.717) is 5.75 Å². The van der Waals surface area contributed by atoms with Gasteiger partial charge in [-0.05, 0) is 19.5 Å². The van der Waals surface area contributed by atoms with E-state index in [1.165, 1.54) is 5.69 Å². The van der Waals surface area contributed by atoms with Gasteiger partial charge in [0.25, 0.3) is 0 Å². The average Bonchev–Trinajstić information content (AvgIpc) is 2.54. The van der Waals surface area contributed by atoms with Gasteiger partial charge < -0.3 is 15.3 Å². The number of hydrogen-bond donors (Lipinski definition) is 2. The molecule has 0 spiro atoms. The molecule has 0 amide bonds. The number of fused-ring (bicyclic) bond motifs is 1. The summed E-state index contributed by atoms with van der Waals surface area (Å²) in [7, 11) is 3.95.